The highest BCUT2D eigenvalue weighted by Crippen LogP contribution is 2.25. The highest BCUT2D eigenvalue weighted by Gasteiger charge is 2.16. The third-order valence-electron chi connectivity index (χ3n) is 3.88. The van der Waals surface area contributed by atoms with Crippen LogP contribution in [0, 0.1) is 0 Å². The fourth-order valence-corrected chi connectivity index (χ4v) is 2.81. The molecule has 0 saturated carbocycles. The van der Waals surface area contributed by atoms with Crippen LogP contribution in [0.2, 0.25) is 0 Å². The third-order valence-corrected chi connectivity index (χ3v) is 3.88. The average Bonchev–Trinajstić information content (AvgIpc) is 2.95. The fourth-order valence-electron chi connectivity index (χ4n) is 2.81. The van der Waals surface area contributed by atoms with Crippen molar-refractivity contribution in [1.29, 1.82) is 0 Å². The number of hydrogen-bond acceptors (Lipinski definition) is 2. The summed E-state index contributed by atoms with van der Waals surface area (Å²) < 4.78 is 5.51. The molecule has 1 aliphatic heterocycles. The number of nitrogens with one attached hydrogen (secondary N) is 1. The maximum atomic E-state index is 5.51. The van der Waals surface area contributed by atoms with Crippen LogP contribution in [-0.2, 0) is 24.4 Å². The Hall–Kier alpha value is -1.64. The Labute approximate surface area is 120 Å². The van der Waals surface area contributed by atoms with Gasteiger partial charge in [0.25, 0.3) is 0 Å². The quantitative estimate of drug-likeness (QED) is 0.893. The molecule has 0 saturated heterocycles. The van der Waals surface area contributed by atoms with Gasteiger partial charge in [-0.2, -0.15) is 0 Å². The minimum absolute atomic E-state index is 0.369. The van der Waals surface area contributed by atoms with Crippen molar-refractivity contribution in [1.82, 2.24) is 5.32 Å². The fraction of sp³-hybridized carbons (Fsp3) is 0.333. The molecule has 2 aromatic carbocycles. The van der Waals surface area contributed by atoms with Gasteiger partial charge in [0.05, 0.1) is 13.2 Å². The van der Waals surface area contributed by atoms with E-state index in [1.807, 2.05) is 0 Å². The molecule has 0 radical (unpaired) electrons. The zero-order valence-corrected chi connectivity index (χ0v) is 11.9. The molecule has 0 fully saturated rings. The molecule has 0 spiro atoms. The second-order valence-electron chi connectivity index (χ2n) is 5.32. The van der Waals surface area contributed by atoms with Crippen LogP contribution in [0.4, 0.5) is 0 Å². The van der Waals surface area contributed by atoms with Gasteiger partial charge in [-0.25, -0.2) is 0 Å². The van der Waals surface area contributed by atoms with Crippen molar-refractivity contribution < 1.29 is 4.74 Å². The van der Waals surface area contributed by atoms with Crippen LogP contribution in [0.5, 0.6) is 0 Å². The van der Waals surface area contributed by atoms with Crippen LogP contribution in [0.15, 0.2) is 48.5 Å². The highest BCUT2D eigenvalue weighted by molar-refractivity contribution is 5.35. The Kier molecular flexibility index (Phi) is 4.14. The smallest absolute Gasteiger partial charge is 0.0725 e. The van der Waals surface area contributed by atoms with Crippen molar-refractivity contribution >= 4 is 0 Å². The molecule has 1 aliphatic rings. The molecule has 104 valence electrons. The molecule has 1 heterocycles. The molecule has 1 N–H and O–H groups in total. The first kappa shape index (κ1) is 13.3. The van der Waals surface area contributed by atoms with Crippen LogP contribution in [0.3, 0.4) is 0 Å². The second kappa shape index (κ2) is 6.21. The first-order chi connectivity index (χ1) is 9.86. The lowest BCUT2D eigenvalue weighted by molar-refractivity contribution is 0.134. The van der Waals surface area contributed by atoms with E-state index < -0.39 is 0 Å². The summed E-state index contributed by atoms with van der Waals surface area (Å²) in [5.74, 6) is 0. The molecule has 0 aromatic heterocycles. The Balaban J connectivity index is 1.83. The molecule has 2 nitrogen and oxygen atoms in total. The van der Waals surface area contributed by atoms with Crippen molar-refractivity contribution in [3.8, 4) is 0 Å². The molecule has 0 bridgehead atoms. The van der Waals surface area contributed by atoms with Crippen LogP contribution in [-0.4, -0.2) is 6.54 Å². The minimum atomic E-state index is 0.369. The normalized spacial score (nSPS) is 15.1. The van der Waals surface area contributed by atoms with Crippen LogP contribution in [0.1, 0.15) is 35.2 Å². The number of ether oxygens (including phenoxy) is 1. The summed E-state index contributed by atoms with van der Waals surface area (Å²) in [5.41, 5.74) is 5.41. The van der Waals surface area contributed by atoms with Gasteiger partial charge in [0, 0.05) is 6.04 Å². The lowest BCUT2D eigenvalue weighted by Crippen LogP contribution is -2.23. The molecular weight excluding hydrogens is 246 g/mol. The molecule has 1 unspecified atom stereocenters. The van der Waals surface area contributed by atoms with E-state index >= 15 is 0 Å². The third kappa shape index (κ3) is 2.92. The van der Waals surface area contributed by atoms with Crippen molar-refractivity contribution in [2.45, 2.75) is 32.6 Å². The Morgan fingerprint density at radius 1 is 1.05 bits per heavy atom. The van der Waals surface area contributed by atoms with Crippen molar-refractivity contribution in [2.75, 3.05) is 6.54 Å². The zero-order chi connectivity index (χ0) is 13.8. The summed E-state index contributed by atoms with van der Waals surface area (Å²) in [6.45, 7) is 4.66. The Morgan fingerprint density at radius 2 is 1.85 bits per heavy atom. The molecule has 20 heavy (non-hydrogen) atoms. The van der Waals surface area contributed by atoms with Crippen LogP contribution >= 0.6 is 0 Å². The number of likely N-dealkylation sites (N-methyl/N-ethyl adjacent to an activating group) is 1. The van der Waals surface area contributed by atoms with E-state index in [-0.39, 0.29) is 0 Å². The first-order valence-corrected chi connectivity index (χ1v) is 7.33. The number of hydrogen-bond donors (Lipinski definition) is 1. The van der Waals surface area contributed by atoms with Crippen molar-refractivity contribution in [3.63, 3.8) is 0 Å². The van der Waals surface area contributed by atoms with Crippen molar-refractivity contribution in [2.24, 2.45) is 0 Å². The van der Waals surface area contributed by atoms with Gasteiger partial charge >= 0.3 is 0 Å². The van der Waals surface area contributed by atoms with Gasteiger partial charge in [-0.3, -0.25) is 0 Å². The largest absolute Gasteiger partial charge is 0.372 e. The first-order valence-electron chi connectivity index (χ1n) is 7.33. The summed E-state index contributed by atoms with van der Waals surface area (Å²) in [7, 11) is 0. The summed E-state index contributed by atoms with van der Waals surface area (Å²) in [5, 5.41) is 3.60. The van der Waals surface area contributed by atoms with E-state index in [4.69, 9.17) is 4.74 Å². The summed E-state index contributed by atoms with van der Waals surface area (Å²) >= 11 is 0. The SMILES string of the molecule is CCNC(Cc1ccccc1)c1ccc2c(c1)COC2. The van der Waals surface area contributed by atoms with E-state index in [2.05, 4.69) is 60.8 Å². The predicted molar refractivity (Wildman–Crippen MR) is 81.5 cm³/mol. The standard InChI is InChI=1S/C18H21NO/c1-2-19-18(10-14-6-4-3-5-7-14)15-8-9-16-12-20-13-17(16)11-15/h3-9,11,18-19H,2,10,12-13H2,1H3. The molecule has 0 aliphatic carbocycles. The summed E-state index contributed by atoms with van der Waals surface area (Å²) in [6, 6.07) is 17.8. The van der Waals surface area contributed by atoms with Crippen LogP contribution in [0.25, 0.3) is 0 Å². The average molecular weight is 267 g/mol. The molecular formula is C18H21NO. The molecule has 2 heteroatoms. The van der Waals surface area contributed by atoms with Crippen LogP contribution < -0.4 is 5.32 Å². The van der Waals surface area contributed by atoms with E-state index in [9.17, 15) is 0 Å². The maximum Gasteiger partial charge on any atom is 0.0725 e. The molecule has 1 atom stereocenters. The van der Waals surface area contributed by atoms with Gasteiger partial charge in [-0.15, -0.1) is 0 Å². The van der Waals surface area contributed by atoms with Gasteiger partial charge in [0.15, 0.2) is 0 Å². The van der Waals surface area contributed by atoms with Gasteiger partial charge in [-0.05, 0) is 35.2 Å². The topological polar surface area (TPSA) is 21.3 Å². The van der Waals surface area contributed by atoms with Crippen molar-refractivity contribution in [3.05, 3.63) is 70.8 Å². The lowest BCUT2D eigenvalue weighted by Gasteiger charge is -2.19. The number of fused-ring (bicyclic) bond motifs is 1. The Morgan fingerprint density at radius 3 is 2.65 bits per heavy atom. The summed E-state index contributed by atoms with van der Waals surface area (Å²) in [4.78, 5) is 0. The Bertz CT molecular complexity index is 565. The predicted octanol–water partition coefficient (Wildman–Crippen LogP) is 3.61. The molecule has 2 aromatic rings. The summed E-state index contributed by atoms with van der Waals surface area (Å²) in [6.07, 6.45) is 1.02. The van der Waals surface area contributed by atoms with Gasteiger partial charge in [0.1, 0.15) is 0 Å². The number of rotatable bonds is 5. The molecule has 0 amide bonds. The van der Waals surface area contributed by atoms with E-state index in [1.54, 1.807) is 0 Å². The van der Waals surface area contributed by atoms with Gasteiger partial charge in [0.2, 0.25) is 0 Å². The number of benzene rings is 2. The van der Waals surface area contributed by atoms with Gasteiger partial charge < -0.3 is 10.1 Å². The molecule has 3 rings (SSSR count). The second-order valence-corrected chi connectivity index (χ2v) is 5.32. The van der Waals surface area contributed by atoms with E-state index in [0.29, 0.717) is 6.04 Å². The maximum absolute atomic E-state index is 5.51. The monoisotopic (exact) mass is 267 g/mol. The lowest BCUT2D eigenvalue weighted by atomic mass is 9.96. The minimum Gasteiger partial charge on any atom is -0.372 e. The zero-order valence-electron chi connectivity index (χ0n) is 11.9. The van der Waals surface area contributed by atoms with E-state index in [1.165, 1.54) is 22.3 Å². The van der Waals surface area contributed by atoms with Gasteiger partial charge in [-0.1, -0.05) is 55.5 Å². The highest BCUT2D eigenvalue weighted by atomic mass is 16.5. The van der Waals surface area contributed by atoms with E-state index in [0.717, 1.165) is 26.2 Å².